The zero-order valence-corrected chi connectivity index (χ0v) is 13.2. The summed E-state index contributed by atoms with van der Waals surface area (Å²) in [5.74, 6) is 0. The molecule has 19 heavy (non-hydrogen) atoms. The lowest BCUT2D eigenvalue weighted by molar-refractivity contribution is 0.309. The summed E-state index contributed by atoms with van der Waals surface area (Å²) >= 11 is 0. The average Bonchev–Trinajstić information content (AvgIpc) is 2.34. The number of hydrogen-bond acceptors (Lipinski definition) is 4. The Kier molecular flexibility index (Phi) is 12.8. The molecule has 116 valence electrons. The van der Waals surface area contributed by atoms with Crippen molar-refractivity contribution in [3.05, 3.63) is 0 Å². The van der Waals surface area contributed by atoms with Crippen LogP contribution in [0.25, 0.3) is 0 Å². The van der Waals surface area contributed by atoms with Crippen LogP contribution < -0.4 is 5.73 Å². The van der Waals surface area contributed by atoms with Gasteiger partial charge in [-0.1, -0.05) is 57.8 Å². The SMILES string of the molecule is CS(=O)(=O)OCCCCCCCCCCCCCN. The van der Waals surface area contributed by atoms with E-state index in [0.29, 0.717) is 6.61 Å². The van der Waals surface area contributed by atoms with Gasteiger partial charge in [0.15, 0.2) is 0 Å². The van der Waals surface area contributed by atoms with Gasteiger partial charge in [-0.3, -0.25) is 4.18 Å². The molecule has 0 fully saturated rings. The first-order valence-electron chi connectivity index (χ1n) is 7.61. The van der Waals surface area contributed by atoms with Gasteiger partial charge < -0.3 is 5.73 Å². The second-order valence-corrected chi connectivity index (χ2v) is 6.85. The molecule has 0 heterocycles. The van der Waals surface area contributed by atoms with Gasteiger partial charge in [-0.05, 0) is 19.4 Å². The van der Waals surface area contributed by atoms with E-state index < -0.39 is 10.1 Å². The van der Waals surface area contributed by atoms with Crippen LogP contribution in [-0.4, -0.2) is 27.8 Å². The van der Waals surface area contributed by atoms with E-state index in [2.05, 4.69) is 4.18 Å². The molecule has 0 radical (unpaired) electrons. The second kappa shape index (κ2) is 12.9. The van der Waals surface area contributed by atoms with Crippen molar-refractivity contribution in [1.82, 2.24) is 0 Å². The van der Waals surface area contributed by atoms with E-state index in [1.54, 1.807) is 0 Å². The molecule has 0 amide bonds. The molecule has 0 aliphatic heterocycles. The molecule has 0 unspecified atom stereocenters. The van der Waals surface area contributed by atoms with Crippen molar-refractivity contribution in [3.63, 3.8) is 0 Å². The van der Waals surface area contributed by atoms with Crippen LogP contribution in [0.2, 0.25) is 0 Å². The molecule has 0 rings (SSSR count). The van der Waals surface area contributed by atoms with Crippen molar-refractivity contribution in [2.75, 3.05) is 19.4 Å². The number of nitrogens with two attached hydrogens (primary N) is 1. The molecular formula is C14H31NO3S. The van der Waals surface area contributed by atoms with Crippen LogP contribution in [0.1, 0.15) is 70.6 Å². The summed E-state index contributed by atoms with van der Waals surface area (Å²) < 4.78 is 26.1. The Morgan fingerprint density at radius 2 is 1.11 bits per heavy atom. The van der Waals surface area contributed by atoms with Gasteiger partial charge in [-0.25, -0.2) is 0 Å². The summed E-state index contributed by atoms with van der Waals surface area (Å²) in [6.07, 6.45) is 14.5. The normalized spacial score (nSPS) is 11.9. The lowest BCUT2D eigenvalue weighted by Crippen LogP contribution is -2.03. The van der Waals surface area contributed by atoms with E-state index in [9.17, 15) is 8.42 Å². The summed E-state index contributed by atoms with van der Waals surface area (Å²) in [4.78, 5) is 0. The van der Waals surface area contributed by atoms with Crippen molar-refractivity contribution >= 4 is 10.1 Å². The van der Waals surface area contributed by atoms with E-state index in [1.807, 2.05) is 0 Å². The van der Waals surface area contributed by atoms with Crippen LogP contribution in [0.15, 0.2) is 0 Å². The molecule has 0 aliphatic rings. The fourth-order valence-electron chi connectivity index (χ4n) is 2.05. The molecule has 0 saturated heterocycles. The molecule has 0 aliphatic carbocycles. The van der Waals surface area contributed by atoms with Crippen molar-refractivity contribution in [3.8, 4) is 0 Å². The Bertz CT molecular complexity index is 278. The summed E-state index contributed by atoms with van der Waals surface area (Å²) in [6.45, 7) is 1.16. The maximum absolute atomic E-state index is 10.7. The van der Waals surface area contributed by atoms with Crippen LogP contribution in [0.5, 0.6) is 0 Å². The van der Waals surface area contributed by atoms with Gasteiger partial charge in [-0.2, -0.15) is 8.42 Å². The maximum Gasteiger partial charge on any atom is 0.264 e. The van der Waals surface area contributed by atoms with Crippen LogP contribution in [0.3, 0.4) is 0 Å². The molecule has 0 aromatic carbocycles. The largest absolute Gasteiger partial charge is 0.330 e. The zero-order chi connectivity index (χ0) is 14.4. The summed E-state index contributed by atoms with van der Waals surface area (Å²) in [7, 11) is -3.25. The molecule has 0 aromatic rings. The molecule has 5 heteroatoms. The third kappa shape index (κ3) is 17.9. The van der Waals surface area contributed by atoms with Crippen molar-refractivity contribution < 1.29 is 12.6 Å². The van der Waals surface area contributed by atoms with Gasteiger partial charge in [0.05, 0.1) is 12.9 Å². The lowest BCUT2D eigenvalue weighted by Gasteiger charge is -2.03. The van der Waals surface area contributed by atoms with Crippen molar-refractivity contribution in [1.29, 1.82) is 0 Å². The number of rotatable bonds is 14. The van der Waals surface area contributed by atoms with Crippen LogP contribution in [0, 0.1) is 0 Å². The molecule has 2 N–H and O–H groups in total. The fourth-order valence-corrected chi connectivity index (χ4v) is 2.47. The second-order valence-electron chi connectivity index (χ2n) is 5.20. The predicted octanol–water partition coefficient (Wildman–Crippen LogP) is 3.21. The quantitative estimate of drug-likeness (QED) is 0.394. The van der Waals surface area contributed by atoms with Crippen LogP contribution in [-0.2, 0) is 14.3 Å². The highest BCUT2D eigenvalue weighted by Crippen LogP contribution is 2.11. The smallest absolute Gasteiger partial charge is 0.264 e. The first kappa shape index (κ1) is 18.9. The Hall–Kier alpha value is -0.130. The maximum atomic E-state index is 10.7. The summed E-state index contributed by atoms with van der Waals surface area (Å²) in [6, 6.07) is 0. The van der Waals surface area contributed by atoms with E-state index in [4.69, 9.17) is 5.73 Å². The van der Waals surface area contributed by atoms with Gasteiger partial charge in [0.25, 0.3) is 10.1 Å². The van der Waals surface area contributed by atoms with Crippen LogP contribution in [0.4, 0.5) is 0 Å². The highest BCUT2D eigenvalue weighted by molar-refractivity contribution is 7.85. The molecule has 0 bridgehead atoms. The highest BCUT2D eigenvalue weighted by atomic mass is 32.2. The van der Waals surface area contributed by atoms with Gasteiger partial charge >= 0.3 is 0 Å². The minimum atomic E-state index is -3.25. The molecule has 4 nitrogen and oxygen atoms in total. The monoisotopic (exact) mass is 293 g/mol. The van der Waals surface area contributed by atoms with Gasteiger partial charge in [0.2, 0.25) is 0 Å². The number of unbranched alkanes of at least 4 members (excludes halogenated alkanes) is 10. The summed E-state index contributed by atoms with van der Waals surface area (Å²) in [5.41, 5.74) is 5.44. The van der Waals surface area contributed by atoms with Crippen molar-refractivity contribution in [2.24, 2.45) is 5.73 Å². The standard InChI is InChI=1S/C14H31NO3S/c1-19(16,17)18-14-12-10-8-6-4-2-3-5-7-9-11-13-15/h2-15H2,1H3. The van der Waals surface area contributed by atoms with E-state index in [1.165, 1.54) is 51.4 Å². The Balaban J connectivity index is 3.03. The van der Waals surface area contributed by atoms with Gasteiger partial charge in [0, 0.05) is 0 Å². The van der Waals surface area contributed by atoms with Gasteiger partial charge in [-0.15, -0.1) is 0 Å². The fraction of sp³-hybridized carbons (Fsp3) is 1.00. The molecule has 0 aromatic heterocycles. The van der Waals surface area contributed by atoms with E-state index in [0.717, 1.165) is 32.1 Å². The molecule has 0 saturated carbocycles. The summed E-state index contributed by atoms with van der Waals surface area (Å²) in [5, 5.41) is 0. The van der Waals surface area contributed by atoms with Crippen molar-refractivity contribution in [2.45, 2.75) is 70.6 Å². The zero-order valence-electron chi connectivity index (χ0n) is 12.4. The third-order valence-corrected chi connectivity index (χ3v) is 3.74. The molecular weight excluding hydrogens is 262 g/mol. The van der Waals surface area contributed by atoms with E-state index in [-0.39, 0.29) is 0 Å². The predicted molar refractivity (Wildman–Crippen MR) is 80.6 cm³/mol. The molecule has 0 spiro atoms. The Morgan fingerprint density at radius 3 is 1.47 bits per heavy atom. The molecule has 0 atom stereocenters. The number of hydrogen-bond donors (Lipinski definition) is 1. The minimum Gasteiger partial charge on any atom is -0.330 e. The van der Waals surface area contributed by atoms with Gasteiger partial charge in [0.1, 0.15) is 0 Å². The Morgan fingerprint density at radius 1 is 0.737 bits per heavy atom. The topological polar surface area (TPSA) is 69.4 Å². The highest BCUT2D eigenvalue weighted by Gasteiger charge is 2.00. The third-order valence-electron chi connectivity index (χ3n) is 3.15. The first-order chi connectivity index (χ1) is 9.06. The average molecular weight is 293 g/mol. The minimum absolute atomic E-state index is 0.333. The lowest BCUT2D eigenvalue weighted by atomic mass is 10.1. The Labute approximate surface area is 119 Å². The first-order valence-corrected chi connectivity index (χ1v) is 9.42. The van der Waals surface area contributed by atoms with Crippen LogP contribution >= 0.6 is 0 Å². The van der Waals surface area contributed by atoms with E-state index >= 15 is 0 Å².